The molecular formula is C12H7Cl2FN2O3. The van der Waals surface area contributed by atoms with Gasteiger partial charge in [0.1, 0.15) is 10.8 Å². The first-order valence-electron chi connectivity index (χ1n) is 5.20. The lowest BCUT2D eigenvalue weighted by Crippen LogP contribution is -2.06. The molecule has 0 aliphatic carbocycles. The number of nitrogens with zero attached hydrogens (tertiary/aromatic N) is 1. The van der Waals surface area contributed by atoms with Gasteiger partial charge in [0.05, 0.1) is 16.4 Å². The molecule has 1 aromatic carbocycles. The number of nitrogens with two attached hydrogens (primary N) is 1. The van der Waals surface area contributed by atoms with E-state index >= 15 is 0 Å². The third kappa shape index (κ3) is 2.92. The quantitative estimate of drug-likeness (QED) is 0.822. The van der Waals surface area contributed by atoms with E-state index in [1.807, 2.05) is 0 Å². The molecule has 0 fully saturated rings. The standard InChI is InChI=1S/C12H7Cl2FN2O3/c13-6-2-1-5(3-7(6)15)9-4-8(16)10(14)11(17-9)20-12(18)19/h1-4H,(H2,16,17)(H,18,19). The van der Waals surface area contributed by atoms with Crippen LogP contribution in [0.25, 0.3) is 11.3 Å². The Morgan fingerprint density at radius 1 is 1.35 bits per heavy atom. The van der Waals surface area contributed by atoms with Crippen LogP contribution in [0.1, 0.15) is 0 Å². The van der Waals surface area contributed by atoms with E-state index in [4.69, 9.17) is 34.0 Å². The summed E-state index contributed by atoms with van der Waals surface area (Å²) in [5.41, 5.74) is 6.26. The zero-order valence-corrected chi connectivity index (χ0v) is 11.2. The number of nitrogen functional groups attached to an aromatic ring is 1. The van der Waals surface area contributed by atoms with Gasteiger partial charge in [0.15, 0.2) is 0 Å². The first-order valence-corrected chi connectivity index (χ1v) is 5.96. The van der Waals surface area contributed by atoms with Crippen molar-refractivity contribution in [2.75, 3.05) is 5.73 Å². The molecule has 0 unspecified atom stereocenters. The number of carboxylic acid groups (broad SMARTS) is 1. The maximum absolute atomic E-state index is 13.4. The second-order valence-electron chi connectivity index (χ2n) is 3.71. The van der Waals surface area contributed by atoms with Crippen LogP contribution in [-0.2, 0) is 0 Å². The van der Waals surface area contributed by atoms with Gasteiger partial charge >= 0.3 is 6.16 Å². The van der Waals surface area contributed by atoms with E-state index in [9.17, 15) is 9.18 Å². The van der Waals surface area contributed by atoms with Crippen LogP contribution in [0.4, 0.5) is 14.9 Å². The number of halogens is 3. The average Bonchev–Trinajstić information content (AvgIpc) is 2.37. The molecule has 0 saturated heterocycles. The van der Waals surface area contributed by atoms with E-state index < -0.39 is 12.0 Å². The summed E-state index contributed by atoms with van der Waals surface area (Å²) >= 11 is 11.4. The van der Waals surface area contributed by atoms with Crippen LogP contribution < -0.4 is 10.5 Å². The van der Waals surface area contributed by atoms with Crippen molar-refractivity contribution >= 4 is 35.0 Å². The van der Waals surface area contributed by atoms with E-state index in [0.717, 1.165) is 6.07 Å². The summed E-state index contributed by atoms with van der Waals surface area (Å²) < 4.78 is 17.8. The molecule has 1 heterocycles. The molecule has 1 aromatic heterocycles. The average molecular weight is 317 g/mol. The number of hydrogen-bond donors (Lipinski definition) is 2. The Balaban J connectivity index is 2.54. The van der Waals surface area contributed by atoms with Gasteiger partial charge in [-0.2, -0.15) is 0 Å². The maximum Gasteiger partial charge on any atom is 0.512 e. The van der Waals surface area contributed by atoms with Gasteiger partial charge in [-0.05, 0) is 18.2 Å². The van der Waals surface area contributed by atoms with Crippen LogP contribution in [-0.4, -0.2) is 16.2 Å². The Morgan fingerprint density at radius 3 is 2.65 bits per heavy atom. The molecule has 0 atom stereocenters. The minimum Gasteiger partial charge on any atom is -0.449 e. The monoisotopic (exact) mass is 316 g/mol. The predicted octanol–water partition coefficient (Wildman–Crippen LogP) is 3.83. The van der Waals surface area contributed by atoms with Crippen molar-refractivity contribution in [1.29, 1.82) is 0 Å². The molecule has 5 nitrogen and oxygen atoms in total. The molecule has 0 spiro atoms. The number of ether oxygens (including phenoxy) is 1. The minimum atomic E-state index is -1.58. The lowest BCUT2D eigenvalue weighted by atomic mass is 10.1. The highest BCUT2D eigenvalue weighted by Crippen LogP contribution is 2.33. The molecule has 20 heavy (non-hydrogen) atoms. The van der Waals surface area contributed by atoms with E-state index in [0.29, 0.717) is 5.56 Å². The number of anilines is 1. The highest BCUT2D eigenvalue weighted by atomic mass is 35.5. The predicted molar refractivity (Wildman–Crippen MR) is 72.7 cm³/mol. The van der Waals surface area contributed by atoms with Gasteiger partial charge in [-0.25, -0.2) is 14.2 Å². The van der Waals surface area contributed by atoms with Crippen molar-refractivity contribution in [3.63, 3.8) is 0 Å². The molecule has 8 heteroatoms. The molecule has 0 radical (unpaired) electrons. The summed E-state index contributed by atoms with van der Waals surface area (Å²) in [4.78, 5) is 14.4. The lowest BCUT2D eigenvalue weighted by Gasteiger charge is -2.08. The molecular weight excluding hydrogens is 310 g/mol. The highest BCUT2D eigenvalue weighted by molar-refractivity contribution is 6.34. The largest absolute Gasteiger partial charge is 0.512 e. The zero-order chi connectivity index (χ0) is 14.9. The van der Waals surface area contributed by atoms with Crippen LogP contribution >= 0.6 is 23.2 Å². The van der Waals surface area contributed by atoms with Gasteiger partial charge in [-0.3, -0.25) is 0 Å². The fourth-order valence-corrected chi connectivity index (χ4v) is 1.73. The van der Waals surface area contributed by atoms with E-state index in [2.05, 4.69) is 9.72 Å². The molecule has 2 aromatic rings. The Morgan fingerprint density at radius 2 is 2.05 bits per heavy atom. The Kier molecular flexibility index (Phi) is 3.96. The van der Waals surface area contributed by atoms with E-state index in [1.165, 1.54) is 18.2 Å². The fraction of sp³-hybridized carbons (Fsp3) is 0. The van der Waals surface area contributed by atoms with Gasteiger partial charge in [0, 0.05) is 5.56 Å². The summed E-state index contributed by atoms with van der Waals surface area (Å²) in [6.45, 7) is 0. The van der Waals surface area contributed by atoms with Crippen molar-refractivity contribution in [3.05, 3.63) is 40.1 Å². The molecule has 2 rings (SSSR count). The number of carbonyl (C=O) groups is 1. The van der Waals surface area contributed by atoms with Crippen LogP contribution in [0, 0.1) is 5.82 Å². The first kappa shape index (κ1) is 14.4. The zero-order valence-electron chi connectivity index (χ0n) is 9.73. The van der Waals surface area contributed by atoms with Crippen LogP contribution in [0.2, 0.25) is 10.0 Å². The normalized spacial score (nSPS) is 10.3. The Hall–Kier alpha value is -2.05. The number of hydrogen-bond acceptors (Lipinski definition) is 4. The second kappa shape index (κ2) is 5.52. The topological polar surface area (TPSA) is 85.4 Å². The van der Waals surface area contributed by atoms with Crippen LogP contribution in [0.3, 0.4) is 0 Å². The minimum absolute atomic E-state index is 0.0438. The van der Waals surface area contributed by atoms with Gasteiger partial charge in [0.2, 0.25) is 5.88 Å². The molecule has 0 bridgehead atoms. The Bertz CT molecular complexity index is 695. The van der Waals surface area contributed by atoms with Crippen LogP contribution in [0.15, 0.2) is 24.3 Å². The number of benzene rings is 1. The van der Waals surface area contributed by atoms with Crippen molar-refractivity contribution in [3.8, 4) is 17.1 Å². The smallest absolute Gasteiger partial charge is 0.449 e. The van der Waals surface area contributed by atoms with Gasteiger partial charge in [-0.15, -0.1) is 0 Å². The van der Waals surface area contributed by atoms with Crippen molar-refractivity contribution in [2.45, 2.75) is 0 Å². The maximum atomic E-state index is 13.4. The summed E-state index contributed by atoms with van der Waals surface area (Å²) in [7, 11) is 0. The number of rotatable bonds is 2. The van der Waals surface area contributed by atoms with E-state index in [-0.39, 0.29) is 27.3 Å². The summed E-state index contributed by atoms with van der Waals surface area (Å²) in [5, 5.41) is 8.41. The van der Waals surface area contributed by atoms with Crippen molar-refractivity contribution in [2.24, 2.45) is 0 Å². The third-order valence-electron chi connectivity index (χ3n) is 2.35. The SMILES string of the molecule is Nc1cc(-c2ccc(Cl)c(F)c2)nc(OC(=O)O)c1Cl. The molecule has 104 valence electrons. The molecule has 0 saturated carbocycles. The second-order valence-corrected chi connectivity index (χ2v) is 4.50. The van der Waals surface area contributed by atoms with Gasteiger partial charge in [-0.1, -0.05) is 29.3 Å². The van der Waals surface area contributed by atoms with Gasteiger partial charge < -0.3 is 15.6 Å². The number of aromatic nitrogens is 1. The summed E-state index contributed by atoms with van der Waals surface area (Å²) in [6.07, 6.45) is -1.58. The van der Waals surface area contributed by atoms with Gasteiger partial charge in [0.25, 0.3) is 0 Å². The summed E-state index contributed by atoms with van der Waals surface area (Å²) in [5.74, 6) is -1.01. The summed E-state index contributed by atoms with van der Waals surface area (Å²) in [6, 6.07) is 5.37. The number of pyridine rings is 1. The Labute approximate surface area is 122 Å². The molecule has 0 aliphatic heterocycles. The highest BCUT2D eigenvalue weighted by Gasteiger charge is 2.15. The first-order chi connectivity index (χ1) is 9.38. The molecule has 0 amide bonds. The molecule has 3 N–H and O–H groups in total. The van der Waals surface area contributed by atoms with Crippen LogP contribution in [0.5, 0.6) is 5.88 Å². The third-order valence-corrected chi connectivity index (χ3v) is 3.04. The van der Waals surface area contributed by atoms with Crippen molar-refractivity contribution in [1.82, 2.24) is 4.98 Å². The van der Waals surface area contributed by atoms with Crippen molar-refractivity contribution < 1.29 is 19.0 Å². The lowest BCUT2D eigenvalue weighted by molar-refractivity contribution is 0.142. The van der Waals surface area contributed by atoms with E-state index in [1.54, 1.807) is 0 Å². The fourth-order valence-electron chi connectivity index (χ4n) is 1.48. The molecule has 0 aliphatic rings.